The summed E-state index contributed by atoms with van der Waals surface area (Å²) in [7, 11) is 0. The van der Waals surface area contributed by atoms with E-state index in [2.05, 4.69) is 10.7 Å². The topological polar surface area (TPSA) is 67.1 Å². The number of anilines is 1. The number of rotatable bonds is 4. The van der Waals surface area contributed by atoms with Crippen molar-refractivity contribution in [3.63, 3.8) is 0 Å². The summed E-state index contributed by atoms with van der Waals surface area (Å²) in [5.41, 5.74) is 3.61. The van der Waals surface area contributed by atoms with Crippen LogP contribution in [0.1, 0.15) is 15.2 Å². The number of benzene rings is 1. The molecule has 1 heterocycles. The zero-order valence-corrected chi connectivity index (χ0v) is 11.0. The van der Waals surface area contributed by atoms with E-state index < -0.39 is 0 Å². The molecule has 1 aromatic heterocycles. The van der Waals surface area contributed by atoms with Crippen LogP contribution in [0.25, 0.3) is 0 Å². The van der Waals surface area contributed by atoms with Crippen molar-refractivity contribution < 1.29 is 4.79 Å². The molecule has 0 bridgehead atoms. The highest BCUT2D eigenvalue weighted by Crippen LogP contribution is 2.21. The van der Waals surface area contributed by atoms with Crippen LogP contribution in [-0.4, -0.2) is 5.91 Å². The Labute approximate surface area is 114 Å². The SMILES string of the molecule is NNc1ccccc1C(=O)NCc1ccc(Cl)s1. The Kier molecular flexibility index (Phi) is 4.19. The summed E-state index contributed by atoms with van der Waals surface area (Å²) in [5.74, 6) is 5.18. The van der Waals surface area contributed by atoms with Crippen molar-refractivity contribution in [1.82, 2.24) is 5.32 Å². The van der Waals surface area contributed by atoms with Crippen molar-refractivity contribution in [2.75, 3.05) is 5.43 Å². The molecule has 94 valence electrons. The number of amides is 1. The minimum atomic E-state index is -0.173. The second kappa shape index (κ2) is 5.86. The first kappa shape index (κ1) is 12.9. The summed E-state index contributed by atoms with van der Waals surface area (Å²) in [6, 6.07) is 10.8. The Bertz CT molecular complexity index is 556. The molecular formula is C12H12ClN3OS. The van der Waals surface area contributed by atoms with Crippen LogP contribution in [0, 0.1) is 0 Å². The predicted molar refractivity (Wildman–Crippen MR) is 74.8 cm³/mol. The molecule has 0 aliphatic carbocycles. The lowest BCUT2D eigenvalue weighted by Gasteiger charge is -2.08. The lowest BCUT2D eigenvalue weighted by atomic mass is 10.1. The van der Waals surface area contributed by atoms with Crippen LogP contribution in [0.5, 0.6) is 0 Å². The van der Waals surface area contributed by atoms with Crippen molar-refractivity contribution in [3.05, 3.63) is 51.2 Å². The lowest BCUT2D eigenvalue weighted by Crippen LogP contribution is -2.24. The molecule has 1 amide bonds. The van der Waals surface area contributed by atoms with Crippen molar-refractivity contribution in [3.8, 4) is 0 Å². The molecule has 0 atom stereocenters. The Hall–Kier alpha value is -1.56. The minimum absolute atomic E-state index is 0.173. The normalized spacial score (nSPS) is 10.1. The molecule has 6 heteroatoms. The third-order valence-corrected chi connectivity index (χ3v) is 3.61. The fourth-order valence-corrected chi connectivity index (χ4v) is 2.54. The van der Waals surface area contributed by atoms with Gasteiger partial charge in [-0.3, -0.25) is 10.6 Å². The summed E-state index contributed by atoms with van der Waals surface area (Å²) >= 11 is 7.26. The van der Waals surface area contributed by atoms with E-state index in [1.807, 2.05) is 18.2 Å². The van der Waals surface area contributed by atoms with Gasteiger partial charge in [0.05, 0.1) is 22.1 Å². The average Bonchev–Trinajstić information content (AvgIpc) is 2.81. The standard InChI is InChI=1S/C12H12ClN3OS/c13-11-6-5-8(18-11)7-15-12(17)9-3-1-2-4-10(9)16-14/h1-6,16H,7,14H2,(H,15,17). The van der Waals surface area contributed by atoms with Crippen molar-refractivity contribution in [2.45, 2.75) is 6.54 Å². The second-order valence-electron chi connectivity index (χ2n) is 3.58. The lowest BCUT2D eigenvalue weighted by molar-refractivity contribution is 0.0952. The number of hydrogen-bond acceptors (Lipinski definition) is 4. The highest BCUT2D eigenvalue weighted by atomic mass is 35.5. The fraction of sp³-hybridized carbons (Fsp3) is 0.0833. The van der Waals surface area contributed by atoms with Gasteiger partial charge < -0.3 is 10.7 Å². The van der Waals surface area contributed by atoms with Gasteiger partial charge in [0, 0.05) is 4.88 Å². The molecule has 0 aliphatic heterocycles. The predicted octanol–water partition coefficient (Wildman–Crippen LogP) is 2.62. The Morgan fingerprint density at radius 2 is 2.06 bits per heavy atom. The molecule has 2 aromatic rings. The monoisotopic (exact) mass is 281 g/mol. The molecule has 1 aromatic carbocycles. The van der Waals surface area contributed by atoms with Gasteiger partial charge in [0.1, 0.15) is 0 Å². The molecule has 18 heavy (non-hydrogen) atoms. The smallest absolute Gasteiger partial charge is 0.253 e. The van der Waals surface area contributed by atoms with Gasteiger partial charge in [-0.2, -0.15) is 0 Å². The number of nitrogens with two attached hydrogens (primary N) is 1. The third-order valence-electron chi connectivity index (χ3n) is 2.38. The largest absolute Gasteiger partial charge is 0.347 e. The number of para-hydroxylation sites is 1. The van der Waals surface area contributed by atoms with Crippen LogP contribution >= 0.6 is 22.9 Å². The van der Waals surface area contributed by atoms with E-state index in [9.17, 15) is 4.79 Å². The van der Waals surface area contributed by atoms with Crippen LogP contribution in [0.4, 0.5) is 5.69 Å². The quantitative estimate of drug-likeness (QED) is 0.596. The van der Waals surface area contributed by atoms with Gasteiger partial charge in [-0.15, -0.1) is 11.3 Å². The Morgan fingerprint density at radius 1 is 1.28 bits per heavy atom. The number of hydrogen-bond donors (Lipinski definition) is 3. The number of carbonyl (C=O) groups is 1. The van der Waals surface area contributed by atoms with Gasteiger partial charge in [-0.25, -0.2) is 0 Å². The van der Waals surface area contributed by atoms with E-state index in [1.54, 1.807) is 18.2 Å². The number of nitrogens with one attached hydrogen (secondary N) is 2. The second-order valence-corrected chi connectivity index (χ2v) is 5.38. The molecule has 2 rings (SSSR count). The molecule has 0 radical (unpaired) electrons. The van der Waals surface area contributed by atoms with Crippen LogP contribution in [0.2, 0.25) is 4.34 Å². The molecule has 0 fully saturated rings. The molecule has 0 spiro atoms. The van der Waals surface area contributed by atoms with E-state index in [0.29, 0.717) is 22.1 Å². The van der Waals surface area contributed by atoms with Crippen LogP contribution in [0.15, 0.2) is 36.4 Å². The van der Waals surface area contributed by atoms with Gasteiger partial charge in [0.2, 0.25) is 0 Å². The molecule has 0 saturated carbocycles. The number of thiophene rings is 1. The zero-order valence-electron chi connectivity index (χ0n) is 9.44. The minimum Gasteiger partial charge on any atom is -0.347 e. The van der Waals surface area contributed by atoms with Crippen LogP contribution < -0.4 is 16.6 Å². The van der Waals surface area contributed by atoms with Crippen molar-refractivity contribution >= 4 is 34.5 Å². The molecular weight excluding hydrogens is 270 g/mol. The first-order valence-electron chi connectivity index (χ1n) is 5.29. The number of nitrogen functional groups attached to an aromatic ring is 1. The summed E-state index contributed by atoms with van der Waals surface area (Å²) in [6.45, 7) is 0.453. The van der Waals surface area contributed by atoms with E-state index in [0.717, 1.165) is 4.88 Å². The van der Waals surface area contributed by atoms with E-state index in [1.165, 1.54) is 11.3 Å². The van der Waals surface area contributed by atoms with Gasteiger partial charge in [-0.05, 0) is 24.3 Å². The number of hydrazine groups is 1. The van der Waals surface area contributed by atoms with Gasteiger partial charge in [0.25, 0.3) is 5.91 Å². The molecule has 0 saturated heterocycles. The fourth-order valence-electron chi connectivity index (χ4n) is 1.52. The molecule has 4 N–H and O–H groups in total. The average molecular weight is 282 g/mol. The van der Waals surface area contributed by atoms with Gasteiger partial charge in [-0.1, -0.05) is 23.7 Å². The molecule has 4 nitrogen and oxygen atoms in total. The number of halogens is 1. The summed E-state index contributed by atoms with van der Waals surface area (Å²) in [6.07, 6.45) is 0. The Morgan fingerprint density at radius 3 is 2.72 bits per heavy atom. The van der Waals surface area contributed by atoms with Crippen LogP contribution in [0.3, 0.4) is 0 Å². The van der Waals surface area contributed by atoms with Crippen molar-refractivity contribution in [2.24, 2.45) is 5.84 Å². The molecule has 0 aliphatic rings. The Balaban J connectivity index is 2.03. The third kappa shape index (κ3) is 3.01. The molecule has 0 unspecified atom stereocenters. The zero-order chi connectivity index (χ0) is 13.0. The highest BCUT2D eigenvalue weighted by molar-refractivity contribution is 7.16. The van der Waals surface area contributed by atoms with Crippen LogP contribution in [-0.2, 0) is 6.54 Å². The van der Waals surface area contributed by atoms with Gasteiger partial charge in [0.15, 0.2) is 0 Å². The van der Waals surface area contributed by atoms with E-state index in [-0.39, 0.29) is 5.91 Å². The van der Waals surface area contributed by atoms with Crippen molar-refractivity contribution in [1.29, 1.82) is 0 Å². The maximum atomic E-state index is 12.0. The summed E-state index contributed by atoms with van der Waals surface area (Å²) in [5, 5.41) is 2.82. The summed E-state index contributed by atoms with van der Waals surface area (Å²) < 4.78 is 0.711. The maximum absolute atomic E-state index is 12.0. The first-order chi connectivity index (χ1) is 8.70. The first-order valence-corrected chi connectivity index (χ1v) is 6.48. The van der Waals surface area contributed by atoms with E-state index >= 15 is 0 Å². The number of carbonyl (C=O) groups excluding carboxylic acids is 1. The highest BCUT2D eigenvalue weighted by Gasteiger charge is 2.10. The summed E-state index contributed by atoms with van der Waals surface area (Å²) in [4.78, 5) is 13.0. The van der Waals surface area contributed by atoms with E-state index in [4.69, 9.17) is 17.4 Å². The van der Waals surface area contributed by atoms with Gasteiger partial charge >= 0.3 is 0 Å². The maximum Gasteiger partial charge on any atom is 0.253 e.